The van der Waals surface area contributed by atoms with Gasteiger partial charge in [-0.15, -0.1) is 0 Å². The number of fused-ring (bicyclic) bond motifs is 5. The minimum atomic E-state index is -0.174. The molecule has 33 heavy (non-hydrogen) atoms. The summed E-state index contributed by atoms with van der Waals surface area (Å²) in [5.74, 6) is 3.11. The Morgan fingerprint density at radius 1 is 1.12 bits per heavy atom. The second-order valence-electron chi connectivity index (χ2n) is 8.61. The first-order chi connectivity index (χ1) is 16.2. The Morgan fingerprint density at radius 2 is 2.00 bits per heavy atom. The lowest BCUT2D eigenvalue weighted by Crippen LogP contribution is -2.58. The first-order valence-electron chi connectivity index (χ1n) is 11.4. The third kappa shape index (κ3) is 3.48. The van der Waals surface area contributed by atoms with Crippen molar-refractivity contribution in [1.82, 2.24) is 19.8 Å². The normalized spacial score (nSPS) is 22.5. The highest BCUT2D eigenvalue weighted by Gasteiger charge is 2.36. The van der Waals surface area contributed by atoms with Crippen LogP contribution in [0.5, 0.6) is 11.5 Å². The number of rotatable bonds is 5. The maximum Gasteiger partial charge on any atom is 0.216 e. The lowest BCUT2D eigenvalue weighted by atomic mass is 10.1. The second-order valence-corrected chi connectivity index (χ2v) is 8.61. The molecule has 3 aliphatic rings. The van der Waals surface area contributed by atoms with Gasteiger partial charge in [-0.25, -0.2) is 9.98 Å². The Hall–Kier alpha value is -3.30. The Kier molecular flexibility index (Phi) is 5.07. The van der Waals surface area contributed by atoms with Crippen LogP contribution >= 0.6 is 0 Å². The van der Waals surface area contributed by atoms with E-state index in [9.17, 15) is 0 Å². The van der Waals surface area contributed by atoms with Crippen molar-refractivity contribution >= 4 is 22.9 Å². The zero-order valence-electron chi connectivity index (χ0n) is 18.9. The molecular weight excluding hydrogens is 420 g/mol. The number of imidazole rings is 1. The van der Waals surface area contributed by atoms with Gasteiger partial charge in [0.05, 0.1) is 44.7 Å². The second kappa shape index (κ2) is 8.24. The van der Waals surface area contributed by atoms with E-state index in [1.807, 2.05) is 24.3 Å². The van der Waals surface area contributed by atoms with Crippen LogP contribution in [-0.4, -0.2) is 67.2 Å². The summed E-state index contributed by atoms with van der Waals surface area (Å²) in [6.07, 6.45) is 2.37. The fourth-order valence-corrected chi connectivity index (χ4v) is 4.96. The van der Waals surface area contributed by atoms with E-state index in [4.69, 9.17) is 24.2 Å². The van der Waals surface area contributed by atoms with Crippen LogP contribution in [0.25, 0.3) is 11.0 Å². The van der Waals surface area contributed by atoms with Crippen molar-refractivity contribution in [3.63, 3.8) is 0 Å². The van der Waals surface area contributed by atoms with Gasteiger partial charge in [-0.05, 0) is 42.7 Å². The molecule has 1 fully saturated rings. The van der Waals surface area contributed by atoms with Gasteiger partial charge < -0.3 is 19.5 Å². The minimum Gasteiger partial charge on any atom is -0.493 e. The lowest BCUT2D eigenvalue weighted by molar-refractivity contribution is 0.0732. The third-order valence-corrected chi connectivity index (χ3v) is 6.57. The fraction of sp³-hybridized carbons (Fsp3) is 0.417. The van der Waals surface area contributed by atoms with Crippen molar-refractivity contribution in [2.24, 2.45) is 4.99 Å². The number of aliphatic imine (C=N–C) groups is 1. The van der Waals surface area contributed by atoms with E-state index in [0.717, 1.165) is 54.5 Å². The van der Waals surface area contributed by atoms with E-state index in [1.54, 1.807) is 14.2 Å². The average Bonchev–Trinajstić information content (AvgIpc) is 3.51. The quantitative estimate of drug-likeness (QED) is 0.643. The number of para-hydroxylation sites is 2. The van der Waals surface area contributed by atoms with Crippen molar-refractivity contribution in [3.8, 4) is 11.5 Å². The number of guanidine groups is 1. The molecular formula is C24H28N6O3. The highest BCUT2D eigenvalue weighted by Crippen LogP contribution is 2.37. The van der Waals surface area contributed by atoms with E-state index in [0.29, 0.717) is 24.8 Å². The van der Waals surface area contributed by atoms with Gasteiger partial charge in [-0.3, -0.25) is 14.4 Å². The summed E-state index contributed by atoms with van der Waals surface area (Å²) in [6, 6.07) is 14.2. The predicted molar refractivity (Wildman–Crippen MR) is 126 cm³/mol. The molecule has 6 rings (SSSR count). The third-order valence-electron chi connectivity index (χ3n) is 6.57. The minimum absolute atomic E-state index is 0.174. The monoisotopic (exact) mass is 448 g/mol. The summed E-state index contributed by atoms with van der Waals surface area (Å²) in [5, 5.41) is 3.65. The van der Waals surface area contributed by atoms with Crippen molar-refractivity contribution in [3.05, 3.63) is 48.0 Å². The molecule has 9 heteroatoms. The number of anilines is 1. The highest BCUT2D eigenvalue weighted by atomic mass is 16.5. The standard InChI is InChI=1S/C24H28N6O3/c1-31-20-10-9-16(12-21(20)32-2)22-27-23-25-14-28(13-17-6-5-11-33-17)15-29(23)24-26-18-7-3-4-8-19(18)30(22)24/h3-4,7-10,12,17,22H,5-6,11,13-15H2,1-2H3,(H,25,27)/t17-,22+/m0/s1. The van der Waals surface area contributed by atoms with Gasteiger partial charge in [-0.1, -0.05) is 18.2 Å². The number of ether oxygens (including phenoxy) is 3. The number of benzene rings is 2. The summed E-state index contributed by atoms with van der Waals surface area (Å²) < 4.78 is 19.1. The molecule has 4 heterocycles. The zero-order chi connectivity index (χ0) is 22.4. The van der Waals surface area contributed by atoms with Crippen LogP contribution in [0, 0.1) is 0 Å². The number of methoxy groups -OCH3 is 2. The topological polar surface area (TPSA) is 76.4 Å². The smallest absolute Gasteiger partial charge is 0.216 e. The van der Waals surface area contributed by atoms with E-state index < -0.39 is 0 Å². The molecule has 0 saturated carbocycles. The summed E-state index contributed by atoms with van der Waals surface area (Å²) in [4.78, 5) is 14.4. The van der Waals surface area contributed by atoms with Crippen LogP contribution in [0.15, 0.2) is 47.5 Å². The molecule has 2 aromatic carbocycles. The molecule has 2 atom stereocenters. The van der Waals surface area contributed by atoms with Gasteiger partial charge >= 0.3 is 0 Å². The number of hydrogen-bond acceptors (Lipinski definition) is 8. The highest BCUT2D eigenvalue weighted by molar-refractivity contribution is 5.98. The van der Waals surface area contributed by atoms with E-state index in [1.165, 1.54) is 0 Å². The maximum atomic E-state index is 5.86. The number of nitrogens with one attached hydrogen (secondary N) is 1. The summed E-state index contributed by atoms with van der Waals surface area (Å²) in [7, 11) is 3.30. The fourth-order valence-electron chi connectivity index (χ4n) is 4.96. The summed E-state index contributed by atoms with van der Waals surface area (Å²) >= 11 is 0. The van der Waals surface area contributed by atoms with Crippen LogP contribution < -0.4 is 19.7 Å². The van der Waals surface area contributed by atoms with Crippen LogP contribution in [0.1, 0.15) is 24.6 Å². The Balaban J connectivity index is 1.41. The molecule has 3 aromatic rings. The summed E-state index contributed by atoms with van der Waals surface area (Å²) in [5.41, 5.74) is 3.06. The molecule has 0 unspecified atom stereocenters. The average molecular weight is 449 g/mol. The van der Waals surface area contributed by atoms with Gasteiger partial charge in [0, 0.05) is 13.2 Å². The van der Waals surface area contributed by atoms with E-state index in [2.05, 4.69) is 37.9 Å². The predicted octanol–water partition coefficient (Wildman–Crippen LogP) is 2.78. The molecule has 0 aliphatic carbocycles. The Morgan fingerprint density at radius 3 is 2.82 bits per heavy atom. The Labute approximate surface area is 192 Å². The van der Waals surface area contributed by atoms with Crippen LogP contribution in [0.4, 0.5) is 5.95 Å². The van der Waals surface area contributed by atoms with Crippen molar-refractivity contribution in [2.75, 3.05) is 45.6 Å². The molecule has 0 spiro atoms. The van der Waals surface area contributed by atoms with Crippen LogP contribution in [0.2, 0.25) is 0 Å². The van der Waals surface area contributed by atoms with Gasteiger partial charge in [0.1, 0.15) is 6.17 Å². The number of nitrogens with zero attached hydrogens (tertiary/aromatic N) is 5. The van der Waals surface area contributed by atoms with Crippen molar-refractivity contribution in [1.29, 1.82) is 0 Å². The molecule has 0 amide bonds. The maximum absolute atomic E-state index is 5.86. The molecule has 9 nitrogen and oxygen atoms in total. The van der Waals surface area contributed by atoms with E-state index >= 15 is 0 Å². The van der Waals surface area contributed by atoms with Gasteiger partial charge in [0.15, 0.2) is 11.5 Å². The first-order valence-corrected chi connectivity index (χ1v) is 11.4. The zero-order valence-corrected chi connectivity index (χ0v) is 18.9. The largest absolute Gasteiger partial charge is 0.493 e. The molecule has 172 valence electrons. The van der Waals surface area contributed by atoms with Crippen molar-refractivity contribution in [2.45, 2.75) is 25.1 Å². The van der Waals surface area contributed by atoms with Crippen LogP contribution in [0.3, 0.4) is 0 Å². The molecule has 1 saturated heterocycles. The SMILES string of the molecule is COc1ccc([C@@H]2NC3=NCN(C[C@@H]4CCCO4)CN3c3nc4ccccc4n32)cc1OC. The molecule has 0 bridgehead atoms. The molecule has 0 radical (unpaired) electrons. The van der Waals surface area contributed by atoms with E-state index in [-0.39, 0.29) is 12.3 Å². The summed E-state index contributed by atoms with van der Waals surface area (Å²) in [6.45, 7) is 3.10. The van der Waals surface area contributed by atoms with Crippen LogP contribution in [-0.2, 0) is 4.74 Å². The molecule has 1 N–H and O–H groups in total. The van der Waals surface area contributed by atoms with Gasteiger partial charge in [0.2, 0.25) is 11.9 Å². The van der Waals surface area contributed by atoms with Gasteiger partial charge in [-0.2, -0.15) is 0 Å². The first kappa shape index (κ1) is 20.3. The lowest BCUT2D eigenvalue weighted by Gasteiger charge is -2.42. The number of aromatic nitrogens is 2. The number of hydrogen-bond donors (Lipinski definition) is 1. The molecule has 1 aromatic heterocycles. The van der Waals surface area contributed by atoms with Crippen molar-refractivity contribution < 1.29 is 14.2 Å². The Bertz CT molecular complexity index is 1200. The molecule has 3 aliphatic heterocycles. The van der Waals surface area contributed by atoms with Gasteiger partial charge in [0.25, 0.3) is 0 Å².